The molecule has 2 nitrogen and oxygen atoms in total. The van der Waals surface area contributed by atoms with E-state index in [-0.39, 0.29) is 11.7 Å². The van der Waals surface area contributed by atoms with Gasteiger partial charge in [-0.2, -0.15) is 11.8 Å². The first-order chi connectivity index (χ1) is 7.74. The molecule has 1 spiro atoms. The van der Waals surface area contributed by atoms with Crippen LogP contribution in [0.3, 0.4) is 0 Å². The average molecular weight is 244 g/mol. The van der Waals surface area contributed by atoms with Gasteiger partial charge in [0.25, 0.3) is 0 Å². The van der Waals surface area contributed by atoms with Gasteiger partial charge in [0, 0.05) is 6.61 Å². The molecular formula is C13H24O2S. The molecule has 1 N–H and O–H groups in total. The maximum absolute atomic E-state index is 9.75. The van der Waals surface area contributed by atoms with E-state index >= 15 is 0 Å². The minimum Gasteiger partial charge on any atom is -0.393 e. The molecule has 0 aliphatic carbocycles. The predicted molar refractivity (Wildman–Crippen MR) is 68.9 cm³/mol. The second-order valence-corrected chi connectivity index (χ2v) is 6.53. The second kappa shape index (κ2) is 5.74. The zero-order valence-electron chi connectivity index (χ0n) is 10.3. The van der Waals surface area contributed by atoms with Crippen molar-refractivity contribution in [2.24, 2.45) is 5.92 Å². The first kappa shape index (κ1) is 12.7. The van der Waals surface area contributed by atoms with Gasteiger partial charge in [0.15, 0.2) is 0 Å². The van der Waals surface area contributed by atoms with Crippen molar-refractivity contribution in [3.63, 3.8) is 0 Å². The second-order valence-electron chi connectivity index (χ2n) is 5.30. The first-order valence-electron chi connectivity index (χ1n) is 6.64. The summed E-state index contributed by atoms with van der Waals surface area (Å²) in [6, 6.07) is 0. The van der Waals surface area contributed by atoms with Crippen LogP contribution in [0.25, 0.3) is 0 Å². The van der Waals surface area contributed by atoms with Crippen LogP contribution in [-0.4, -0.2) is 34.9 Å². The molecule has 0 saturated carbocycles. The van der Waals surface area contributed by atoms with Gasteiger partial charge in [-0.25, -0.2) is 0 Å². The Morgan fingerprint density at radius 2 is 2.19 bits per heavy atom. The number of ether oxygens (including phenoxy) is 1. The van der Waals surface area contributed by atoms with E-state index in [1.807, 2.05) is 0 Å². The maximum atomic E-state index is 9.75. The van der Waals surface area contributed by atoms with Gasteiger partial charge in [-0.3, -0.25) is 0 Å². The summed E-state index contributed by atoms with van der Waals surface area (Å²) in [7, 11) is 0. The summed E-state index contributed by atoms with van der Waals surface area (Å²) >= 11 is 2.05. The van der Waals surface area contributed by atoms with E-state index in [1.165, 1.54) is 30.8 Å². The zero-order chi connectivity index (χ0) is 11.4. The Bertz CT molecular complexity index is 208. The van der Waals surface area contributed by atoms with Crippen molar-refractivity contribution in [2.45, 2.75) is 57.2 Å². The van der Waals surface area contributed by atoms with Crippen LogP contribution in [0.2, 0.25) is 0 Å². The minimum atomic E-state index is -0.0990. The number of thioether (sulfide) groups is 1. The van der Waals surface area contributed by atoms with Gasteiger partial charge in [-0.1, -0.05) is 6.92 Å². The zero-order valence-corrected chi connectivity index (χ0v) is 11.1. The molecule has 94 valence electrons. The average Bonchev–Trinajstić information content (AvgIpc) is 2.30. The highest BCUT2D eigenvalue weighted by Gasteiger charge is 2.38. The summed E-state index contributed by atoms with van der Waals surface area (Å²) in [5, 5.41) is 9.75. The Kier molecular flexibility index (Phi) is 4.57. The van der Waals surface area contributed by atoms with Gasteiger partial charge in [0.05, 0.1) is 11.7 Å². The van der Waals surface area contributed by atoms with E-state index in [1.54, 1.807) is 0 Å². The van der Waals surface area contributed by atoms with Crippen LogP contribution in [0.1, 0.15) is 45.4 Å². The van der Waals surface area contributed by atoms with Gasteiger partial charge >= 0.3 is 0 Å². The standard InChI is InChI=1S/C13H24O2S/c1-2-12(14)9-11-3-6-15-13(10-11)4-7-16-8-5-13/h11-12,14H,2-10H2,1H3. The molecule has 2 atom stereocenters. The largest absolute Gasteiger partial charge is 0.393 e. The van der Waals surface area contributed by atoms with Crippen LogP contribution in [0, 0.1) is 5.92 Å². The molecule has 2 aliphatic rings. The van der Waals surface area contributed by atoms with Crippen LogP contribution in [0.5, 0.6) is 0 Å². The highest BCUT2D eigenvalue weighted by Crippen LogP contribution is 2.41. The van der Waals surface area contributed by atoms with E-state index in [0.29, 0.717) is 5.92 Å². The molecule has 2 rings (SSSR count). The molecule has 16 heavy (non-hydrogen) atoms. The molecule has 0 aromatic rings. The van der Waals surface area contributed by atoms with Crippen molar-refractivity contribution in [2.75, 3.05) is 18.1 Å². The number of hydrogen-bond acceptors (Lipinski definition) is 3. The van der Waals surface area contributed by atoms with Gasteiger partial charge in [0.1, 0.15) is 0 Å². The van der Waals surface area contributed by atoms with Crippen molar-refractivity contribution < 1.29 is 9.84 Å². The van der Waals surface area contributed by atoms with Gasteiger partial charge in [-0.05, 0) is 55.9 Å². The molecule has 2 unspecified atom stereocenters. The first-order valence-corrected chi connectivity index (χ1v) is 7.79. The van der Waals surface area contributed by atoms with Crippen LogP contribution < -0.4 is 0 Å². The Morgan fingerprint density at radius 1 is 1.44 bits per heavy atom. The van der Waals surface area contributed by atoms with Crippen LogP contribution in [0.15, 0.2) is 0 Å². The Labute approximate surface area is 103 Å². The van der Waals surface area contributed by atoms with E-state index in [0.717, 1.165) is 25.9 Å². The van der Waals surface area contributed by atoms with Gasteiger partial charge in [0.2, 0.25) is 0 Å². The fourth-order valence-corrected chi connectivity index (χ4v) is 4.21. The normalized spacial score (nSPS) is 31.5. The summed E-state index contributed by atoms with van der Waals surface area (Å²) < 4.78 is 6.06. The highest BCUT2D eigenvalue weighted by molar-refractivity contribution is 7.99. The molecule has 2 aliphatic heterocycles. The van der Waals surface area contributed by atoms with E-state index in [4.69, 9.17) is 4.74 Å². The van der Waals surface area contributed by atoms with E-state index < -0.39 is 0 Å². The predicted octanol–water partition coefficient (Wildman–Crippen LogP) is 2.84. The Hall–Kier alpha value is 0.270. The molecular weight excluding hydrogens is 220 g/mol. The summed E-state index contributed by atoms with van der Waals surface area (Å²) in [5.74, 6) is 3.19. The van der Waals surface area contributed by atoms with Crippen molar-refractivity contribution in [3.8, 4) is 0 Å². The van der Waals surface area contributed by atoms with Crippen molar-refractivity contribution >= 4 is 11.8 Å². The smallest absolute Gasteiger partial charge is 0.0701 e. The number of hydrogen-bond donors (Lipinski definition) is 1. The molecule has 2 fully saturated rings. The van der Waals surface area contributed by atoms with Crippen LogP contribution in [0.4, 0.5) is 0 Å². The molecule has 0 bridgehead atoms. The molecule has 3 heteroatoms. The number of rotatable bonds is 3. The monoisotopic (exact) mass is 244 g/mol. The topological polar surface area (TPSA) is 29.5 Å². The van der Waals surface area contributed by atoms with Crippen molar-refractivity contribution in [1.29, 1.82) is 0 Å². The highest BCUT2D eigenvalue weighted by atomic mass is 32.2. The van der Waals surface area contributed by atoms with Gasteiger partial charge in [-0.15, -0.1) is 0 Å². The lowest BCUT2D eigenvalue weighted by Crippen LogP contribution is -2.43. The number of aliphatic hydroxyl groups excluding tert-OH is 1. The quantitative estimate of drug-likeness (QED) is 0.828. The summed E-state index contributed by atoms with van der Waals surface area (Å²) in [5.41, 5.74) is 0.182. The number of aliphatic hydroxyl groups is 1. The molecule has 2 saturated heterocycles. The third kappa shape index (κ3) is 3.14. The Morgan fingerprint density at radius 3 is 2.88 bits per heavy atom. The van der Waals surface area contributed by atoms with Gasteiger partial charge < -0.3 is 9.84 Å². The van der Waals surface area contributed by atoms with Crippen molar-refractivity contribution in [1.82, 2.24) is 0 Å². The fourth-order valence-electron chi connectivity index (χ4n) is 2.97. The molecule has 0 aromatic carbocycles. The summed E-state index contributed by atoms with van der Waals surface area (Å²) in [6.07, 6.45) is 6.54. The SMILES string of the molecule is CCC(O)CC1CCOC2(CCSCC2)C1. The fraction of sp³-hybridized carbons (Fsp3) is 1.00. The lowest BCUT2D eigenvalue weighted by Gasteiger charge is -2.43. The molecule has 2 heterocycles. The third-order valence-electron chi connectivity index (χ3n) is 4.08. The summed E-state index contributed by atoms with van der Waals surface area (Å²) in [4.78, 5) is 0. The minimum absolute atomic E-state index is 0.0990. The molecule has 0 aromatic heterocycles. The lowest BCUT2D eigenvalue weighted by atomic mass is 9.79. The van der Waals surface area contributed by atoms with E-state index in [2.05, 4.69) is 18.7 Å². The maximum Gasteiger partial charge on any atom is 0.0701 e. The van der Waals surface area contributed by atoms with Crippen LogP contribution >= 0.6 is 11.8 Å². The molecule has 0 amide bonds. The summed E-state index contributed by atoms with van der Waals surface area (Å²) in [6.45, 7) is 2.97. The van der Waals surface area contributed by atoms with Crippen LogP contribution in [-0.2, 0) is 4.74 Å². The van der Waals surface area contributed by atoms with Crippen molar-refractivity contribution in [3.05, 3.63) is 0 Å². The third-order valence-corrected chi connectivity index (χ3v) is 5.06. The Balaban J connectivity index is 1.87. The lowest BCUT2D eigenvalue weighted by molar-refractivity contribution is -0.107. The van der Waals surface area contributed by atoms with E-state index in [9.17, 15) is 5.11 Å². The molecule has 0 radical (unpaired) electrons.